The average Bonchev–Trinajstić information content (AvgIpc) is 2.42. The van der Waals surface area contributed by atoms with Crippen molar-refractivity contribution in [1.82, 2.24) is 9.97 Å². The van der Waals surface area contributed by atoms with Gasteiger partial charge >= 0.3 is 0 Å². The summed E-state index contributed by atoms with van der Waals surface area (Å²) in [5.74, 6) is 1.15. The Bertz CT molecular complexity index is 748. The van der Waals surface area contributed by atoms with E-state index < -0.39 is 0 Å². The number of hydrogen-bond donors (Lipinski definition) is 0. The van der Waals surface area contributed by atoms with Crippen LogP contribution in [0.15, 0.2) is 53.3 Å². The highest BCUT2D eigenvalue weighted by molar-refractivity contribution is 9.10. The van der Waals surface area contributed by atoms with Crippen LogP contribution < -0.4 is 4.74 Å². The lowest BCUT2D eigenvalue weighted by Gasteiger charge is -2.07. The zero-order valence-electron chi connectivity index (χ0n) is 9.68. The van der Waals surface area contributed by atoms with E-state index in [0.717, 1.165) is 10.9 Å². The number of pyridine rings is 2. The molecule has 94 valence electrons. The summed E-state index contributed by atoms with van der Waals surface area (Å²) in [6.45, 7) is 0. The normalized spacial score (nSPS) is 10.6. The molecule has 0 saturated carbocycles. The number of hydrogen-bond acceptors (Lipinski definition) is 3. The first-order valence-electron chi connectivity index (χ1n) is 5.56. The third-order valence-corrected chi connectivity index (χ3v) is 3.34. The summed E-state index contributed by atoms with van der Waals surface area (Å²) in [6.07, 6.45) is 3.30. The predicted octanol–water partition coefficient (Wildman–Crippen LogP) is 4.84. The van der Waals surface area contributed by atoms with Crippen LogP contribution in [0.25, 0.3) is 10.9 Å². The molecule has 5 heteroatoms. The number of halogens is 2. The topological polar surface area (TPSA) is 35.0 Å². The van der Waals surface area contributed by atoms with E-state index in [9.17, 15) is 0 Å². The average molecular weight is 336 g/mol. The first-order chi connectivity index (χ1) is 9.22. The summed E-state index contributed by atoms with van der Waals surface area (Å²) in [6, 6.07) is 11.4. The minimum Gasteiger partial charge on any atom is -0.438 e. The number of nitrogens with zero attached hydrogens (tertiary/aromatic N) is 2. The second-order valence-corrected chi connectivity index (χ2v) is 5.19. The zero-order chi connectivity index (χ0) is 13.2. The maximum Gasteiger partial charge on any atom is 0.233 e. The van der Waals surface area contributed by atoms with Crippen molar-refractivity contribution in [3.05, 3.63) is 58.3 Å². The number of ether oxygens (including phenoxy) is 1. The van der Waals surface area contributed by atoms with Crippen molar-refractivity contribution in [2.45, 2.75) is 0 Å². The van der Waals surface area contributed by atoms with Crippen molar-refractivity contribution in [2.75, 3.05) is 0 Å². The van der Waals surface area contributed by atoms with E-state index in [0.29, 0.717) is 21.1 Å². The predicted molar refractivity (Wildman–Crippen MR) is 78.8 cm³/mol. The molecule has 0 aliphatic carbocycles. The number of aromatic nitrogens is 2. The van der Waals surface area contributed by atoms with Gasteiger partial charge in [0.05, 0.1) is 15.0 Å². The molecule has 2 heterocycles. The lowest BCUT2D eigenvalue weighted by molar-refractivity contribution is 0.460. The van der Waals surface area contributed by atoms with Gasteiger partial charge in [0.25, 0.3) is 0 Å². The molecule has 0 radical (unpaired) electrons. The van der Waals surface area contributed by atoms with E-state index in [1.54, 1.807) is 18.5 Å². The summed E-state index contributed by atoms with van der Waals surface area (Å²) in [4.78, 5) is 8.42. The molecular formula is C14H8BrClN2O. The maximum atomic E-state index is 5.84. The Kier molecular flexibility index (Phi) is 3.36. The Balaban J connectivity index is 1.96. The van der Waals surface area contributed by atoms with Gasteiger partial charge in [0.15, 0.2) is 0 Å². The van der Waals surface area contributed by atoms with Gasteiger partial charge in [-0.05, 0) is 40.2 Å². The standard InChI is InChI=1S/C14H8BrClN2O/c15-12-6-10(16)8-18-14(12)19-11-4-3-9-2-1-5-17-13(9)7-11/h1-8H. The molecule has 0 bridgehead atoms. The van der Waals surface area contributed by atoms with Crippen LogP contribution in [0.2, 0.25) is 5.02 Å². The van der Waals surface area contributed by atoms with Gasteiger partial charge < -0.3 is 4.74 Å². The summed E-state index contributed by atoms with van der Waals surface area (Å²) in [7, 11) is 0. The highest BCUT2D eigenvalue weighted by atomic mass is 79.9. The second-order valence-electron chi connectivity index (χ2n) is 3.90. The van der Waals surface area contributed by atoms with E-state index in [-0.39, 0.29) is 0 Å². The smallest absolute Gasteiger partial charge is 0.233 e. The Morgan fingerprint density at radius 2 is 2.00 bits per heavy atom. The van der Waals surface area contributed by atoms with Gasteiger partial charge in [-0.3, -0.25) is 4.98 Å². The molecule has 0 fully saturated rings. The minimum atomic E-state index is 0.472. The Morgan fingerprint density at radius 1 is 1.11 bits per heavy atom. The fraction of sp³-hybridized carbons (Fsp3) is 0. The molecule has 19 heavy (non-hydrogen) atoms. The van der Waals surface area contributed by atoms with Crippen molar-refractivity contribution in [3.63, 3.8) is 0 Å². The first-order valence-corrected chi connectivity index (χ1v) is 6.73. The van der Waals surface area contributed by atoms with E-state index in [4.69, 9.17) is 16.3 Å². The zero-order valence-corrected chi connectivity index (χ0v) is 12.0. The Morgan fingerprint density at radius 3 is 2.84 bits per heavy atom. The second kappa shape index (κ2) is 5.15. The fourth-order valence-electron chi connectivity index (χ4n) is 1.70. The summed E-state index contributed by atoms with van der Waals surface area (Å²) < 4.78 is 6.42. The first kappa shape index (κ1) is 12.4. The lowest BCUT2D eigenvalue weighted by Crippen LogP contribution is -1.89. The number of rotatable bonds is 2. The van der Waals surface area contributed by atoms with Crippen LogP contribution in [0.1, 0.15) is 0 Å². The maximum absolute atomic E-state index is 5.84. The van der Waals surface area contributed by atoms with Crippen molar-refractivity contribution in [2.24, 2.45) is 0 Å². The molecule has 1 aromatic carbocycles. The monoisotopic (exact) mass is 334 g/mol. The Labute approximate surface area is 123 Å². The quantitative estimate of drug-likeness (QED) is 0.672. The highest BCUT2D eigenvalue weighted by Gasteiger charge is 2.06. The molecule has 0 N–H and O–H groups in total. The van der Waals surface area contributed by atoms with Gasteiger partial charge in [0.1, 0.15) is 5.75 Å². The summed E-state index contributed by atoms with van der Waals surface area (Å²) in [5, 5.41) is 1.62. The van der Waals surface area contributed by atoms with E-state index in [1.165, 1.54) is 0 Å². The SMILES string of the molecule is Clc1cnc(Oc2ccc3cccnc3c2)c(Br)c1. The molecular weight excluding hydrogens is 328 g/mol. The third kappa shape index (κ3) is 2.69. The van der Waals surface area contributed by atoms with Crippen LogP contribution in [0.3, 0.4) is 0 Å². The Hall–Kier alpha value is -1.65. The summed E-state index contributed by atoms with van der Waals surface area (Å²) >= 11 is 9.21. The van der Waals surface area contributed by atoms with Gasteiger partial charge in [-0.25, -0.2) is 4.98 Å². The molecule has 0 saturated heterocycles. The third-order valence-electron chi connectivity index (χ3n) is 2.57. The van der Waals surface area contributed by atoms with Gasteiger partial charge in [-0.15, -0.1) is 0 Å². The molecule has 0 unspecified atom stereocenters. The molecule has 0 atom stereocenters. The van der Waals surface area contributed by atoms with Crippen LogP contribution in [0.4, 0.5) is 0 Å². The van der Waals surface area contributed by atoms with Gasteiger partial charge in [0, 0.05) is 23.8 Å². The number of fused-ring (bicyclic) bond motifs is 1. The molecule has 3 aromatic rings. The van der Waals surface area contributed by atoms with Gasteiger partial charge in [-0.1, -0.05) is 17.7 Å². The molecule has 0 aliphatic rings. The van der Waals surface area contributed by atoms with Crippen molar-refractivity contribution < 1.29 is 4.74 Å². The van der Waals surface area contributed by atoms with Crippen LogP contribution in [0.5, 0.6) is 11.6 Å². The molecule has 3 rings (SSSR count). The van der Waals surface area contributed by atoms with Crippen molar-refractivity contribution in [1.29, 1.82) is 0 Å². The van der Waals surface area contributed by atoms with Crippen molar-refractivity contribution in [3.8, 4) is 11.6 Å². The molecule has 3 nitrogen and oxygen atoms in total. The van der Waals surface area contributed by atoms with Crippen molar-refractivity contribution >= 4 is 38.4 Å². The largest absolute Gasteiger partial charge is 0.438 e. The van der Waals surface area contributed by atoms with Crippen LogP contribution in [0, 0.1) is 0 Å². The van der Waals surface area contributed by atoms with E-state index in [2.05, 4.69) is 25.9 Å². The van der Waals surface area contributed by atoms with Crippen LogP contribution in [-0.4, -0.2) is 9.97 Å². The molecule has 2 aromatic heterocycles. The molecule has 0 amide bonds. The van der Waals surface area contributed by atoms with Crippen LogP contribution in [-0.2, 0) is 0 Å². The van der Waals surface area contributed by atoms with E-state index >= 15 is 0 Å². The molecule has 0 aliphatic heterocycles. The number of benzene rings is 1. The van der Waals surface area contributed by atoms with E-state index in [1.807, 2.05) is 30.3 Å². The molecule has 0 spiro atoms. The minimum absolute atomic E-state index is 0.472. The highest BCUT2D eigenvalue weighted by Crippen LogP contribution is 2.30. The summed E-state index contributed by atoms with van der Waals surface area (Å²) in [5.41, 5.74) is 0.880. The lowest BCUT2D eigenvalue weighted by atomic mass is 10.2. The van der Waals surface area contributed by atoms with Gasteiger partial charge in [0.2, 0.25) is 5.88 Å². The van der Waals surface area contributed by atoms with Crippen LogP contribution >= 0.6 is 27.5 Å². The fourth-order valence-corrected chi connectivity index (χ4v) is 2.42. The van der Waals surface area contributed by atoms with Gasteiger partial charge in [-0.2, -0.15) is 0 Å².